The number of quaternary nitrogens is 1. The van der Waals surface area contributed by atoms with Crippen molar-refractivity contribution in [2.75, 3.05) is 39.8 Å². The molecule has 0 spiro atoms. The third kappa shape index (κ3) is 4.92. The molecule has 1 saturated heterocycles. The van der Waals surface area contributed by atoms with Gasteiger partial charge in [0.05, 0.1) is 37.6 Å². The van der Waals surface area contributed by atoms with Gasteiger partial charge >= 0.3 is 0 Å². The van der Waals surface area contributed by atoms with E-state index in [1.54, 1.807) is 17.3 Å². The van der Waals surface area contributed by atoms with Crippen LogP contribution < -0.4 is 4.90 Å². The summed E-state index contributed by atoms with van der Waals surface area (Å²) in [5.41, 5.74) is 1.20. The van der Waals surface area contributed by atoms with Crippen LogP contribution in [-0.4, -0.2) is 68.3 Å². The molecule has 0 bridgehead atoms. The van der Waals surface area contributed by atoms with Crippen molar-refractivity contribution < 1.29 is 22.5 Å². The van der Waals surface area contributed by atoms with Crippen LogP contribution in [0.15, 0.2) is 53.7 Å². The second kappa shape index (κ2) is 8.76. The minimum atomic E-state index is -3.83. The van der Waals surface area contributed by atoms with Crippen LogP contribution >= 0.6 is 0 Å². The van der Waals surface area contributed by atoms with Crippen molar-refractivity contribution in [1.82, 2.24) is 14.2 Å². The Morgan fingerprint density at radius 3 is 2.36 bits per heavy atom. The number of benzene rings is 1. The average molecular weight is 407 g/mol. The highest BCUT2D eigenvalue weighted by Gasteiger charge is 2.28. The van der Waals surface area contributed by atoms with Crippen LogP contribution in [0.2, 0.25) is 0 Å². The molecule has 1 N–H and O–H groups in total. The molecule has 1 aromatic heterocycles. The van der Waals surface area contributed by atoms with Crippen molar-refractivity contribution in [3.63, 3.8) is 0 Å². The topological polar surface area (TPSA) is 75.0 Å². The van der Waals surface area contributed by atoms with Crippen LogP contribution in [0.1, 0.15) is 5.56 Å². The second-order valence-electron chi connectivity index (χ2n) is 6.88. The molecule has 1 aliphatic heterocycles. The van der Waals surface area contributed by atoms with Gasteiger partial charge in [0.25, 0.3) is 0 Å². The van der Waals surface area contributed by atoms with E-state index in [1.165, 1.54) is 29.6 Å². The highest BCUT2D eigenvalue weighted by Crippen LogP contribution is 2.15. The van der Waals surface area contributed by atoms with E-state index in [2.05, 4.69) is 4.98 Å². The van der Waals surface area contributed by atoms with Crippen molar-refractivity contribution in [2.24, 2.45) is 0 Å². The minimum absolute atomic E-state index is 0.0317. The molecule has 2 aromatic rings. The van der Waals surface area contributed by atoms with Gasteiger partial charge in [0.15, 0.2) is 0 Å². The van der Waals surface area contributed by atoms with Crippen LogP contribution in [0, 0.1) is 5.82 Å². The summed E-state index contributed by atoms with van der Waals surface area (Å²) >= 11 is 0. The Morgan fingerprint density at radius 2 is 1.75 bits per heavy atom. The van der Waals surface area contributed by atoms with Crippen LogP contribution in [-0.2, 0) is 21.4 Å². The van der Waals surface area contributed by atoms with E-state index >= 15 is 0 Å². The Kier molecular flexibility index (Phi) is 6.38. The highest BCUT2D eigenvalue weighted by atomic mass is 32.2. The molecule has 2 heterocycles. The second-order valence-corrected chi connectivity index (χ2v) is 8.92. The monoisotopic (exact) mass is 407 g/mol. The quantitative estimate of drug-likeness (QED) is 0.718. The van der Waals surface area contributed by atoms with Crippen molar-refractivity contribution in [3.8, 4) is 0 Å². The molecule has 0 atom stereocenters. The summed E-state index contributed by atoms with van der Waals surface area (Å²) in [6.07, 6.45) is 3.54. The summed E-state index contributed by atoms with van der Waals surface area (Å²) in [7, 11) is -2.47. The lowest BCUT2D eigenvalue weighted by Crippen LogP contribution is -3.13. The van der Waals surface area contributed by atoms with E-state index in [4.69, 9.17) is 0 Å². The van der Waals surface area contributed by atoms with Gasteiger partial charge in [-0.1, -0.05) is 0 Å². The Hall–Kier alpha value is -2.36. The molecular weight excluding hydrogens is 383 g/mol. The third-order valence-corrected chi connectivity index (χ3v) is 6.72. The Labute approximate surface area is 164 Å². The van der Waals surface area contributed by atoms with Crippen molar-refractivity contribution in [1.29, 1.82) is 0 Å². The Bertz CT molecular complexity index is 899. The van der Waals surface area contributed by atoms with Crippen molar-refractivity contribution in [3.05, 3.63) is 60.2 Å². The van der Waals surface area contributed by atoms with Crippen molar-refractivity contribution >= 4 is 15.9 Å². The first-order chi connectivity index (χ1) is 13.4. The maximum atomic E-state index is 13.0. The van der Waals surface area contributed by atoms with Gasteiger partial charge in [0, 0.05) is 25.0 Å². The summed E-state index contributed by atoms with van der Waals surface area (Å²) in [5, 5.41) is 0. The Morgan fingerprint density at radius 1 is 1.14 bits per heavy atom. The van der Waals surface area contributed by atoms with Gasteiger partial charge in [0.2, 0.25) is 15.9 Å². The third-order valence-electron chi connectivity index (χ3n) is 4.91. The molecule has 9 heteroatoms. The minimum Gasteiger partial charge on any atom is -0.330 e. The zero-order valence-corrected chi connectivity index (χ0v) is 16.5. The molecule has 0 aliphatic carbocycles. The number of aromatic nitrogens is 1. The first-order valence-electron chi connectivity index (χ1n) is 9.08. The fourth-order valence-electron chi connectivity index (χ4n) is 3.20. The molecule has 7 nitrogen and oxygen atoms in total. The summed E-state index contributed by atoms with van der Waals surface area (Å²) in [4.78, 5) is 19.6. The predicted molar refractivity (Wildman–Crippen MR) is 101 cm³/mol. The van der Waals surface area contributed by atoms with Gasteiger partial charge in [-0.3, -0.25) is 9.78 Å². The number of carbonyl (C=O) groups is 1. The number of pyridine rings is 1. The van der Waals surface area contributed by atoms with Crippen LogP contribution in [0.25, 0.3) is 0 Å². The van der Waals surface area contributed by atoms with Gasteiger partial charge in [-0.15, -0.1) is 0 Å². The first-order valence-corrected chi connectivity index (χ1v) is 10.5. The number of nitrogens with one attached hydrogen (secondary N) is 1. The lowest BCUT2D eigenvalue weighted by Gasteiger charge is -2.33. The number of nitrogens with zero attached hydrogens (tertiary/aromatic N) is 3. The fraction of sp³-hybridized carbons (Fsp3) is 0.368. The molecule has 28 heavy (non-hydrogen) atoms. The smallest absolute Gasteiger partial charge is 0.243 e. The van der Waals surface area contributed by atoms with E-state index in [9.17, 15) is 17.6 Å². The highest BCUT2D eigenvalue weighted by molar-refractivity contribution is 7.89. The lowest BCUT2D eigenvalue weighted by molar-refractivity contribution is -0.917. The Balaban J connectivity index is 1.53. The number of amides is 1. The van der Waals surface area contributed by atoms with Crippen LogP contribution in [0.4, 0.5) is 4.39 Å². The summed E-state index contributed by atoms with van der Waals surface area (Å²) in [5.74, 6) is -0.735. The number of hydrogen-bond acceptors (Lipinski definition) is 4. The van der Waals surface area contributed by atoms with Gasteiger partial charge in [-0.25, -0.2) is 12.8 Å². The van der Waals surface area contributed by atoms with Crippen LogP contribution in [0.5, 0.6) is 0 Å². The molecule has 3 rings (SSSR count). The lowest BCUT2D eigenvalue weighted by atomic mass is 10.2. The largest absolute Gasteiger partial charge is 0.330 e. The molecule has 0 unspecified atom stereocenters. The number of likely N-dealkylation sites (N-methyl/N-ethyl adjacent to an activating group) is 1. The molecule has 0 saturated carbocycles. The molecule has 1 fully saturated rings. The first kappa shape index (κ1) is 20.4. The average Bonchev–Trinajstić information content (AvgIpc) is 2.69. The molecule has 150 valence electrons. The van der Waals surface area contributed by atoms with E-state index in [1.807, 2.05) is 12.1 Å². The number of halogens is 1. The van der Waals surface area contributed by atoms with Gasteiger partial charge in [-0.05, 0) is 36.4 Å². The van der Waals surface area contributed by atoms with Gasteiger partial charge < -0.3 is 9.80 Å². The molecule has 1 amide bonds. The van der Waals surface area contributed by atoms with Gasteiger partial charge in [-0.2, -0.15) is 4.31 Å². The standard InChI is InChI=1S/C19H23FN4O3S/c1-22(28(26,27)18-4-2-17(20)3-5-18)15-19(25)24-12-10-23(11-13-24)14-16-6-8-21-9-7-16/h2-9H,10-15H2,1H3/p+1. The van der Waals surface area contributed by atoms with E-state index in [0.717, 1.165) is 36.1 Å². The van der Waals surface area contributed by atoms with Crippen molar-refractivity contribution in [2.45, 2.75) is 11.4 Å². The fourth-order valence-corrected chi connectivity index (χ4v) is 4.32. The molecule has 1 aliphatic rings. The predicted octanol–water partition coefficient (Wildman–Crippen LogP) is -0.231. The number of piperazine rings is 1. The van der Waals surface area contributed by atoms with E-state index in [-0.39, 0.29) is 17.3 Å². The molecular formula is C19H24FN4O3S+. The zero-order valence-electron chi connectivity index (χ0n) is 15.7. The molecule has 1 aromatic carbocycles. The maximum Gasteiger partial charge on any atom is 0.243 e. The number of rotatable bonds is 6. The van der Waals surface area contributed by atoms with Crippen LogP contribution in [0.3, 0.4) is 0 Å². The normalized spacial score (nSPS) is 15.8. The van der Waals surface area contributed by atoms with Gasteiger partial charge in [0.1, 0.15) is 12.4 Å². The summed E-state index contributed by atoms with van der Waals surface area (Å²) in [6.45, 7) is 3.43. The number of sulfonamides is 1. The summed E-state index contributed by atoms with van der Waals surface area (Å²) < 4.78 is 39.1. The zero-order chi connectivity index (χ0) is 20.1. The number of hydrogen-bond donors (Lipinski definition) is 1. The van der Waals surface area contributed by atoms with E-state index in [0.29, 0.717) is 13.1 Å². The molecule has 0 radical (unpaired) electrons. The van der Waals surface area contributed by atoms with E-state index < -0.39 is 15.8 Å². The number of carbonyl (C=O) groups excluding carboxylic acids is 1. The maximum absolute atomic E-state index is 13.0. The summed E-state index contributed by atoms with van der Waals surface area (Å²) in [6, 6.07) is 8.56. The SMILES string of the molecule is CN(CC(=O)N1CC[NH+](Cc2ccncc2)CC1)S(=O)(=O)c1ccc(F)cc1.